The van der Waals surface area contributed by atoms with Gasteiger partial charge in [-0.25, -0.2) is 9.78 Å². The Hall–Kier alpha value is -1.48. The molecule has 0 spiro atoms. The summed E-state index contributed by atoms with van der Waals surface area (Å²) in [4.78, 5) is 23.2. The van der Waals surface area contributed by atoms with E-state index in [9.17, 15) is 9.90 Å². The van der Waals surface area contributed by atoms with Crippen molar-refractivity contribution in [1.29, 1.82) is 0 Å². The molecule has 1 aliphatic heterocycles. The lowest BCUT2D eigenvalue weighted by Gasteiger charge is -2.35. The summed E-state index contributed by atoms with van der Waals surface area (Å²) in [6.45, 7) is 12.0. The van der Waals surface area contributed by atoms with Crippen molar-refractivity contribution in [2.45, 2.75) is 46.6 Å². The van der Waals surface area contributed by atoms with Gasteiger partial charge in [-0.2, -0.15) is 0 Å². The van der Waals surface area contributed by atoms with Gasteiger partial charge in [-0.15, -0.1) is 11.3 Å². The van der Waals surface area contributed by atoms with Crippen LogP contribution in [0.4, 0.5) is 0 Å². The number of hydrogen-bond acceptors (Lipinski definition) is 6. The standard InChI is InChI=1S/C21H32N4O3S/c1-21(2,3)14-4-5-15-17(12-14)29-20-22-18(19(27)28)16(25(15)20)13-24-8-6-23(7-9-24)10-11-26/h14,26H,4-13H2,1-3H3,(H,27,28). The summed E-state index contributed by atoms with van der Waals surface area (Å²) < 4.78 is 2.16. The number of aryl methyl sites for hydroxylation is 1. The van der Waals surface area contributed by atoms with E-state index in [1.54, 1.807) is 11.3 Å². The lowest BCUT2D eigenvalue weighted by Crippen LogP contribution is -2.46. The second kappa shape index (κ2) is 7.98. The molecule has 8 heteroatoms. The van der Waals surface area contributed by atoms with Crippen molar-refractivity contribution in [3.8, 4) is 0 Å². The number of imidazole rings is 1. The van der Waals surface area contributed by atoms with E-state index in [0.29, 0.717) is 19.0 Å². The van der Waals surface area contributed by atoms with E-state index in [4.69, 9.17) is 5.11 Å². The molecule has 1 saturated heterocycles. The minimum atomic E-state index is -0.938. The summed E-state index contributed by atoms with van der Waals surface area (Å²) in [5.74, 6) is -0.285. The smallest absolute Gasteiger partial charge is 0.356 e. The number of carboxylic acid groups (broad SMARTS) is 1. The minimum absolute atomic E-state index is 0.184. The second-order valence-electron chi connectivity index (χ2n) is 9.45. The molecule has 2 aromatic rings. The van der Waals surface area contributed by atoms with Gasteiger partial charge in [0.2, 0.25) is 0 Å². The summed E-state index contributed by atoms with van der Waals surface area (Å²) in [6, 6.07) is 0. The SMILES string of the molecule is CC(C)(C)C1CCc2c(sc3nc(C(=O)O)c(CN4CCN(CCO)CC4)n23)C1. The number of nitrogens with zero attached hydrogens (tertiary/aromatic N) is 4. The normalized spacial score (nSPS) is 21.6. The number of carbonyl (C=O) groups is 1. The second-order valence-corrected chi connectivity index (χ2v) is 10.5. The first-order chi connectivity index (χ1) is 13.8. The number of piperazine rings is 1. The number of aliphatic hydroxyl groups excluding tert-OH is 1. The number of hydrogen-bond donors (Lipinski definition) is 2. The molecular weight excluding hydrogens is 388 g/mol. The number of thiazole rings is 1. The van der Waals surface area contributed by atoms with Crippen LogP contribution in [0.5, 0.6) is 0 Å². The van der Waals surface area contributed by atoms with Gasteiger partial charge >= 0.3 is 5.97 Å². The van der Waals surface area contributed by atoms with Crippen molar-refractivity contribution in [1.82, 2.24) is 19.2 Å². The van der Waals surface area contributed by atoms with Crippen molar-refractivity contribution in [2.75, 3.05) is 39.3 Å². The largest absolute Gasteiger partial charge is 0.476 e. The molecule has 0 aromatic carbocycles. The first-order valence-electron chi connectivity index (χ1n) is 10.6. The molecule has 1 fully saturated rings. The van der Waals surface area contributed by atoms with E-state index in [2.05, 4.69) is 40.0 Å². The molecule has 4 rings (SSSR count). The molecule has 2 aliphatic rings. The van der Waals surface area contributed by atoms with Crippen molar-refractivity contribution >= 4 is 22.3 Å². The van der Waals surface area contributed by atoms with E-state index in [-0.39, 0.29) is 17.7 Å². The van der Waals surface area contributed by atoms with Crippen molar-refractivity contribution in [3.63, 3.8) is 0 Å². The highest BCUT2D eigenvalue weighted by atomic mass is 32.1. The molecule has 0 bridgehead atoms. The molecule has 160 valence electrons. The minimum Gasteiger partial charge on any atom is -0.476 e. The van der Waals surface area contributed by atoms with Crippen LogP contribution < -0.4 is 0 Å². The van der Waals surface area contributed by atoms with Crippen LogP contribution in [0.2, 0.25) is 0 Å². The molecule has 0 saturated carbocycles. The van der Waals surface area contributed by atoms with Crippen LogP contribution in [0.25, 0.3) is 4.96 Å². The van der Waals surface area contributed by atoms with Gasteiger partial charge in [-0.3, -0.25) is 14.2 Å². The van der Waals surface area contributed by atoms with E-state index >= 15 is 0 Å². The number of aromatic nitrogens is 2. The lowest BCUT2D eigenvalue weighted by molar-refractivity contribution is 0.0685. The van der Waals surface area contributed by atoms with Crippen LogP contribution >= 0.6 is 11.3 Å². The maximum Gasteiger partial charge on any atom is 0.356 e. The Morgan fingerprint density at radius 2 is 1.90 bits per heavy atom. The van der Waals surface area contributed by atoms with E-state index < -0.39 is 5.97 Å². The average molecular weight is 421 g/mol. The van der Waals surface area contributed by atoms with Crippen LogP contribution in [-0.2, 0) is 19.4 Å². The highest BCUT2D eigenvalue weighted by Crippen LogP contribution is 2.41. The van der Waals surface area contributed by atoms with Gasteiger partial charge < -0.3 is 10.2 Å². The third-order valence-corrected chi connectivity index (χ3v) is 7.70. The molecule has 7 nitrogen and oxygen atoms in total. The zero-order chi connectivity index (χ0) is 20.8. The monoisotopic (exact) mass is 420 g/mol. The summed E-state index contributed by atoms with van der Waals surface area (Å²) in [6.07, 6.45) is 3.20. The summed E-state index contributed by atoms with van der Waals surface area (Å²) >= 11 is 1.67. The predicted molar refractivity (Wildman–Crippen MR) is 114 cm³/mol. The van der Waals surface area contributed by atoms with Crippen LogP contribution in [0.3, 0.4) is 0 Å². The number of β-amino-alcohol motifs (C(OH)–C–C–N with tert-alkyl or cyclic N) is 1. The fourth-order valence-corrected chi connectivity index (χ4v) is 5.96. The van der Waals surface area contributed by atoms with E-state index in [1.807, 2.05) is 0 Å². The summed E-state index contributed by atoms with van der Waals surface area (Å²) in [5, 5.41) is 18.9. The quantitative estimate of drug-likeness (QED) is 0.773. The Balaban J connectivity index is 1.62. The molecule has 1 atom stereocenters. The Kier molecular flexibility index (Phi) is 5.72. The van der Waals surface area contributed by atoms with Crippen LogP contribution in [0.15, 0.2) is 0 Å². The van der Waals surface area contributed by atoms with Crippen molar-refractivity contribution in [3.05, 3.63) is 22.0 Å². The third-order valence-electron chi connectivity index (χ3n) is 6.59. The fraction of sp³-hybridized carbons (Fsp3) is 0.714. The summed E-state index contributed by atoms with van der Waals surface area (Å²) in [7, 11) is 0. The van der Waals surface area contributed by atoms with Crippen LogP contribution in [-0.4, -0.2) is 74.7 Å². The Morgan fingerprint density at radius 3 is 2.52 bits per heavy atom. The first-order valence-corrected chi connectivity index (χ1v) is 11.4. The number of aromatic carboxylic acids is 1. The van der Waals surface area contributed by atoms with Gasteiger partial charge in [-0.05, 0) is 30.6 Å². The maximum atomic E-state index is 11.9. The summed E-state index contributed by atoms with van der Waals surface area (Å²) in [5.41, 5.74) is 2.59. The lowest BCUT2D eigenvalue weighted by atomic mass is 9.73. The number of rotatable bonds is 5. The molecule has 1 unspecified atom stereocenters. The number of carboxylic acids is 1. The Labute approximate surface area is 176 Å². The first kappa shape index (κ1) is 20.8. The van der Waals surface area contributed by atoms with Crippen LogP contribution in [0, 0.1) is 11.3 Å². The molecule has 0 radical (unpaired) electrons. The zero-order valence-corrected chi connectivity index (χ0v) is 18.5. The van der Waals surface area contributed by atoms with Gasteiger partial charge in [0.25, 0.3) is 0 Å². The van der Waals surface area contributed by atoms with Crippen LogP contribution in [0.1, 0.15) is 53.9 Å². The zero-order valence-electron chi connectivity index (χ0n) is 17.6. The van der Waals surface area contributed by atoms with Gasteiger partial charge in [-0.1, -0.05) is 20.8 Å². The molecule has 29 heavy (non-hydrogen) atoms. The van der Waals surface area contributed by atoms with E-state index in [1.165, 1.54) is 10.6 Å². The van der Waals surface area contributed by atoms with Gasteiger partial charge in [0, 0.05) is 49.8 Å². The maximum absolute atomic E-state index is 11.9. The Morgan fingerprint density at radius 1 is 1.21 bits per heavy atom. The molecule has 2 N–H and O–H groups in total. The van der Waals surface area contributed by atoms with Crippen molar-refractivity contribution in [2.24, 2.45) is 11.3 Å². The molecule has 3 heterocycles. The van der Waals surface area contributed by atoms with E-state index in [0.717, 1.165) is 56.1 Å². The van der Waals surface area contributed by atoms with Gasteiger partial charge in [0.05, 0.1) is 12.3 Å². The average Bonchev–Trinajstić information content (AvgIpc) is 3.19. The molecular formula is C21H32N4O3S. The number of fused-ring (bicyclic) bond motifs is 3. The van der Waals surface area contributed by atoms with Gasteiger partial charge in [0.1, 0.15) is 0 Å². The van der Waals surface area contributed by atoms with Gasteiger partial charge in [0.15, 0.2) is 10.7 Å². The predicted octanol–water partition coefficient (Wildman–Crippen LogP) is 2.35. The molecule has 1 aliphatic carbocycles. The van der Waals surface area contributed by atoms with Crippen molar-refractivity contribution < 1.29 is 15.0 Å². The Bertz CT molecular complexity index is 890. The topological polar surface area (TPSA) is 81.3 Å². The highest BCUT2D eigenvalue weighted by Gasteiger charge is 2.33. The molecule has 2 aromatic heterocycles. The third kappa shape index (κ3) is 4.08. The number of aliphatic hydroxyl groups is 1. The fourth-order valence-electron chi connectivity index (χ4n) is 4.70. The highest BCUT2D eigenvalue weighted by molar-refractivity contribution is 7.17. The molecule has 0 amide bonds.